The molecule has 0 radical (unpaired) electrons. The molecule has 1 unspecified atom stereocenters. The Hall–Kier alpha value is -1.68. The Morgan fingerprint density at radius 3 is 2.38 bits per heavy atom. The van der Waals surface area contributed by atoms with Gasteiger partial charge in [0, 0.05) is 5.56 Å². The molecule has 0 fully saturated rings. The van der Waals surface area contributed by atoms with Crippen molar-refractivity contribution in [3.05, 3.63) is 59.1 Å². The van der Waals surface area contributed by atoms with Crippen LogP contribution in [0.1, 0.15) is 23.0 Å². The molecule has 0 spiro atoms. The summed E-state index contributed by atoms with van der Waals surface area (Å²) < 4.78 is 31.7. The number of furan rings is 1. The molecule has 0 aliphatic rings. The van der Waals surface area contributed by atoms with E-state index in [2.05, 4.69) is 0 Å². The summed E-state index contributed by atoms with van der Waals surface area (Å²) in [5, 5.41) is 9.83. The molecule has 84 valence electrons. The Bertz CT molecular complexity index is 485. The molecule has 1 atom stereocenters. The second kappa shape index (κ2) is 4.06. The fraction of sp³-hybridized carbons (Fsp3) is 0.167. The van der Waals surface area contributed by atoms with Crippen LogP contribution >= 0.6 is 0 Å². The van der Waals surface area contributed by atoms with Gasteiger partial charge in [0.2, 0.25) is 0 Å². The first-order valence-corrected chi connectivity index (χ1v) is 4.76. The molecule has 2 rings (SSSR count). The number of hydrogen-bond donors (Lipinski definition) is 1. The van der Waals surface area contributed by atoms with Gasteiger partial charge in [-0.05, 0) is 25.1 Å². The number of halogens is 2. The average Bonchev–Trinajstić information content (AvgIpc) is 2.64. The van der Waals surface area contributed by atoms with Gasteiger partial charge in [0.1, 0.15) is 23.5 Å². The lowest BCUT2D eigenvalue weighted by Gasteiger charge is -2.10. The van der Waals surface area contributed by atoms with E-state index in [1.807, 2.05) is 0 Å². The molecular weight excluding hydrogens is 214 g/mol. The predicted molar refractivity (Wildman–Crippen MR) is 53.9 cm³/mol. The van der Waals surface area contributed by atoms with E-state index in [9.17, 15) is 13.9 Å². The minimum absolute atomic E-state index is 0.335. The lowest BCUT2D eigenvalue weighted by atomic mass is 10.0. The van der Waals surface area contributed by atoms with Gasteiger partial charge in [0.25, 0.3) is 0 Å². The van der Waals surface area contributed by atoms with Crippen molar-refractivity contribution in [3.8, 4) is 0 Å². The van der Waals surface area contributed by atoms with Crippen molar-refractivity contribution in [1.82, 2.24) is 0 Å². The van der Waals surface area contributed by atoms with Gasteiger partial charge in [-0.15, -0.1) is 0 Å². The highest BCUT2D eigenvalue weighted by atomic mass is 19.1. The second-order valence-electron chi connectivity index (χ2n) is 3.53. The molecule has 1 heterocycles. The molecule has 16 heavy (non-hydrogen) atoms. The van der Waals surface area contributed by atoms with Crippen LogP contribution in [0.4, 0.5) is 8.78 Å². The highest BCUT2D eigenvalue weighted by Crippen LogP contribution is 2.27. The SMILES string of the molecule is Cc1cc(C(O)c2c(F)cccc2F)co1. The third-order valence-corrected chi connectivity index (χ3v) is 2.34. The highest BCUT2D eigenvalue weighted by Gasteiger charge is 2.20. The fourth-order valence-electron chi connectivity index (χ4n) is 1.55. The molecule has 1 N–H and O–H groups in total. The number of benzene rings is 1. The summed E-state index contributed by atoms with van der Waals surface area (Å²) in [7, 11) is 0. The molecule has 0 saturated heterocycles. The standard InChI is InChI=1S/C12H10F2O2/c1-7-5-8(6-16-7)12(15)11-9(13)3-2-4-10(11)14/h2-6,12,15H,1H3. The summed E-state index contributed by atoms with van der Waals surface area (Å²) in [6.07, 6.45) is -0.0649. The van der Waals surface area contributed by atoms with Gasteiger partial charge < -0.3 is 9.52 Å². The average molecular weight is 224 g/mol. The molecule has 1 aromatic carbocycles. The van der Waals surface area contributed by atoms with Crippen LogP contribution in [0.25, 0.3) is 0 Å². The van der Waals surface area contributed by atoms with Gasteiger partial charge in [-0.1, -0.05) is 6.07 Å². The summed E-state index contributed by atoms with van der Waals surface area (Å²) in [5.41, 5.74) is -0.0233. The normalized spacial score (nSPS) is 12.8. The molecule has 0 amide bonds. The zero-order valence-electron chi connectivity index (χ0n) is 8.58. The topological polar surface area (TPSA) is 33.4 Å². The summed E-state index contributed by atoms with van der Waals surface area (Å²) in [6, 6.07) is 5.00. The number of hydrogen-bond acceptors (Lipinski definition) is 2. The van der Waals surface area contributed by atoms with E-state index >= 15 is 0 Å². The monoisotopic (exact) mass is 224 g/mol. The van der Waals surface area contributed by atoms with E-state index in [4.69, 9.17) is 4.42 Å². The Balaban J connectivity index is 2.45. The molecule has 0 saturated carbocycles. The third kappa shape index (κ3) is 1.84. The molecule has 0 bridgehead atoms. The van der Waals surface area contributed by atoms with Crippen LogP contribution < -0.4 is 0 Å². The molecule has 4 heteroatoms. The molecule has 0 aliphatic heterocycles. The van der Waals surface area contributed by atoms with Crippen molar-refractivity contribution in [3.63, 3.8) is 0 Å². The lowest BCUT2D eigenvalue weighted by molar-refractivity contribution is 0.208. The van der Waals surface area contributed by atoms with Gasteiger partial charge in [-0.3, -0.25) is 0 Å². The van der Waals surface area contributed by atoms with E-state index in [1.165, 1.54) is 18.4 Å². The van der Waals surface area contributed by atoms with Crippen molar-refractivity contribution in [1.29, 1.82) is 0 Å². The number of aliphatic hydroxyl groups is 1. The first-order valence-electron chi connectivity index (χ1n) is 4.76. The fourth-order valence-corrected chi connectivity index (χ4v) is 1.55. The van der Waals surface area contributed by atoms with Crippen LogP contribution in [0.15, 0.2) is 34.9 Å². The molecule has 1 aromatic heterocycles. The van der Waals surface area contributed by atoms with Crippen LogP contribution in [-0.4, -0.2) is 5.11 Å². The summed E-state index contributed by atoms with van der Waals surface area (Å²) >= 11 is 0. The van der Waals surface area contributed by atoms with Crippen LogP contribution in [-0.2, 0) is 0 Å². The van der Waals surface area contributed by atoms with Gasteiger partial charge in [-0.25, -0.2) is 8.78 Å². The van der Waals surface area contributed by atoms with E-state index in [1.54, 1.807) is 6.92 Å². The van der Waals surface area contributed by atoms with Crippen molar-refractivity contribution >= 4 is 0 Å². The van der Waals surface area contributed by atoms with Crippen molar-refractivity contribution in [2.75, 3.05) is 0 Å². The Morgan fingerprint density at radius 1 is 1.25 bits per heavy atom. The van der Waals surface area contributed by atoms with E-state index in [0.29, 0.717) is 11.3 Å². The van der Waals surface area contributed by atoms with Crippen molar-refractivity contribution < 1.29 is 18.3 Å². The Kier molecular flexibility index (Phi) is 2.75. The van der Waals surface area contributed by atoms with E-state index in [0.717, 1.165) is 12.1 Å². The van der Waals surface area contributed by atoms with Crippen LogP contribution in [0.3, 0.4) is 0 Å². The van der Waals surface area contributed by atoms with Gasteiger partial charge in [0.15, 0.2) is 0 Å². The third-order valence-electron chi connectivity index (χ3n) is 2.34. The smallest absolute Gasteiger partial charge is 0.132 e. The maximum absolute atomic E-state index is 13.4. The quantitative estimate of drug-likeness (QED) is 0.850. The maximum Gasteiger partial charge on any atom is 0.132 e. The van der Waals surface area contributed by atoms with Gasteiger partial charge in [0.05, 0.1) is 11.8 Å². The van der Waals surface area contributed by atoms with Crippen molar-refractivity contribution in [2.24, 2.45) is 0 Å². The first-order chi connectivity index (χ1) is 7.59. The predicted octanol–water partition coefficient (Wildman–Crippen LogP) is 2.95. The van der Waals surface area contributed by atoms with Crippen molar-refractivity contribution in [2.45, 2.75) is 13.0 Å². The van der Waals surface area contributed by atoms with E-state index in [-0.39, 0.29) is 5.56 Å². The largest absolute Gasteiger partial charge is 0.469 e. The number of aryl methyl sites for hydroxylation is 1. The summed E-state index contributed by atoms with van der Waals surface area (Å²) in [6.45, 7) is 1.69. The first kappa shape index (κ1) is 10.8. The number of aliphatic hydroxyl groups excluding tert-OH is 1. The Labute approximate surface area is 91.1 Å². The van der Waals surface area contributed by atoms with E-state index < -0.39 is 17.7 Å². The van der Waals surface area contributed by atoms with Gasteiger partial charge >= 0.3 is 0 Å². The molecule has 0 aliphatic carbocycles. The molecule has 2 aromatic rings. The molecule has 2 nitrogen and oxygen atoms in total. The van der Waals surface area contributed by atoms with Gasteiger partial charge in [-0.2, -0.15) is 0 Å². The zero-order valence-corrected chi connectivity index (χ0v) is 8.58. The summed E-state index contributed by atoms with van der Waals surface area (Å²) in [5.74, 6) is -0.969. The Morgan fingerprint density at radius 2 is 1.88 bits per heavy atom. The molecular formula is C12H10F2O2. The van der Waals surface area contributed by atoms with Crippen LogP contribution in [0.5, 0.6) is 0 Å². The summed E-state index contributed by atoms with van der Waals surface area (Å²) in [4.78, 5) is 0. The van der Waals surface area contributed by atoms with Crippen LogP contribution in [0.2, 0.25) is 0 Å². The minimum Gasteiger partial charge on any atom is -0.469 e. The minimum atomic E-state index is -1.35. The lowest BCUT2D eigenvalue weighted by Crippen LogP contribution is -2.04. The highest BCUT2D eigenvalue weighted by molar-refractivity contribution is 5.30. The zero-order chi connectivity index (χ0) is 11.7. The van der Waals surface area contributed by atoms with Crippen LogP contribution in [0, 0.1) is 18.6 Å². The second-order valence-corrected chi connectivity index (χ2v) is 3.53. The maximum atomic E-state index is 13.4. The number of rotatable bonds is 2.